The van der Waals surface area contributed by atoms with Gasteiger partial charge in [0.05, 0.1) is 5.56 Å². The molecule has 0 unspecified atom stereocenters. The van der Waals surface area contributed by atoms with Gasteiger partial charge in [0.2, 0.25) is 0 Å². The second-order valence-corrected chi connectivity index (χ2v) is 4.99. The molecule has 20 heavy (non-hydrogen) atoms. The second kappa shape index (κ2) is 6.21. The molecule has 3 heteroatoms. The quantitative estimate of drug-likeness (QED) is 0.890. The summed E-state index contributed by atoms with van der Waals surface area (Å²) in [6, 6.07) is 14.7. The van der Waals surface area contributed by atoms with Crippen molar-refractivity contribution in [1.29, 1.82) is 5.26 Å². The van der Waals surface area contributed by atoms with Gasteiger partial charge in [0.25, 0.3) is 0 Å². The summed E-state index contributed by atoms with van der Waals surface area (Å²) < 4.78 is 14.0. The molecular formula is C17H17FN2. The highest BCUT2D eigenvalue weighted by Crippen LogP contribution is 2.24. The van der Waals surface area contributed by atoms with Gasteiger partial charge in [-0.05, 0) is 23.6 Å². The molecule has 0 amide bonds. The minimum Gasteiger partial charge on any atom is -0.381 e. The summed E-state index contributed by atoms with van der Waals surface area (Å²) in [5.74, 6) is -0.0430. The fraction of sp³-hybridized carbons (Fsp3) is 0.235. The standard InChI is InChI=1S/C17H17FN2/c1-12(2)15-8-3-4-9-16(15)20-11-14-7-5-6-13(10-19)17(14)18/h3-9,12,20H,11H2,1-2H3. The average Bonchev–Trinajstić information content (AvgIpc) is 2.46. The highest BCUT2D eigenvalue weighted by atomic mass is 19.1. The van der Waals surface area contributed by atoms with Crippen molar-refractivity contribution in [2.45, 2.75) is 26.3 Å². The number of rotatable bonds is 4. The number of anilines is 1. The molecule has 0 radical (unpaired) electrons. The lowest BCUT2D eigenvalue weighted by atomic mass is 10.0. The van der Waals surface area contributed by atoms with Crippen molar-refractivity contribution in [3.8, 4) is 6.07 Å². The van der Waals surface area contributed by atoms with Crippen LogP contribution in [-0.4, -0.2) is 0 Å². The molecule has 1 N–H and O–H groups in total. The molecule has 0 bridgehead atoms. The monoisotopic (exact) mass is 268 g/mol. The Morgan fingerprint density at radius 1 is 1.15 bits per heavy atom. The lowest BCUT2D eigenvalue weighted by Gasteiger charge is -2.15. The molecule has 0 aliphatic rings. The summed E-state index contributed by atoms with van der Waals surface area (Å²) in [6.07, 6.45) is 0. The molecule has 0 spiro atoms. The van der Waals surface area contributed by atoms with Crippen molar-refractivity contribution in [2.24, 2.45) is 0 Å². The summed E-state index contributed by atoms with van der Waals surface area (Å²) in [5, 5.41) is 12.1. The Kier molecular flexibility index (Phi) is 4.37. The predicted octanol–water partition coefficient (Wildman–Crippen LogP) is 4.43. The maximum Gasteiger partial charge on any atom is 0.145 e. The molecule has 102 valence electrons. The van der Waals surface area contributed by atoms with Crippen molar-refractivity contribution < 1.29 is 4.39 Å². The Morgan fingerprint density at radius 2 is 1.90 bits per heavy atom. The third-order valence-corrected chi connectivity index (χ3v) is 3.25. The number of halogens is 1. The smallest absolute Gasteiger partial charge is 0.145 e. The zero-order valence-electron chi connectivity index (χ0n) is 11.7. The summed E-state index contributed by atoms with van der Waals surface area (Å²) in [5.41, 5.74) is 2.79. The van der Waals surface area contributed by atoms with Gasteiger partial charge >= 0.3 is 0 Å². The summed E-state index contributed by atoms with van der Waals surface area (Å²) in [4.78, 5) is 0. The summed E-state index contributed by atoms with van der Waals surface area (Å²) >= 11 is 0. The molecule has 0 aliphatic heterocycles. The van der Waals surface area contributed by atoms with E-state index < -0.39 is 5.82 Å². The normalized spacial score (nSPS) is 10.3. The van der Waals surface area contributed by atoms with Crippen LogP contribution in [0.2, 0.25) is 0 Å². The van der Waals surface area contributed by atoms with Gasteiger partial charge in [-0.15, -0.1) is 0 Å². The van der Waals surface area contributed by atoms with E-state index in [2.05, 4.69) is 25.2 Å². The van der Waals surface area contributed by atoms with Crippen molar-refractivity contribution in [2.75, 3.05) is 5.32 Å². The van der Waals surface area contributed by atoms with Crippen LogP contribution in [0.5, 0.6) is 0 Å². The number of nitrogens with one attached hydrogen (secondary N) is 1. The van der Waals surface area contributed by atoms with Crippen LogP contribution >= 0.6 is 0 Å². The van der Waals surface area contributed by atoms with E-state index in [9.17, 15) is 4.39 Å². The van der Waals surface area contributed by atoms with Crippen molar-refractivity contribution in [3.05, 3.63) is 65.0 Å². The molecule has 0 aliphatic carbocycles. The van der Waals surface area contributed by atoms with E-state index in [1.807, 2.05) is 24.3 Å². The van der Waals surface area contributed by atoms with Gasteiger partial charge in [0.15, 0.2) is 0 Å². The Balaban J connectivity index is 2.20. The molecule has 0 fully saturated rings. The van der Waals surface area contributed by atoms with E-state index in [4.69, 9.17) is 5.26 Å². The average molecular weight is 268 g/mol. The Hall–Kier alpha value is -2.34. The highest BCUT2D eigenvalue weighted by Gasteiger charge is 2.09. The van der Waals surface area contributed by atoms with Gasteiger partial charge < -0.3 is 5.32 Å². The first-order valence-electron chi connectivity index (χ1n) is 6.63. The lowest BCUT2D eigenvalue weighted by molar-refractivity contribution is 0.609. The van der Waals surface area contributed by atoms with Gasteiger partial charge in [0, 0.05) is 17.8 Å². The maximum absolute atomic E-state index is 14.0. The van der Waals surface area contributed by atoms with Crippen LogP contribution in [0, 0.1) is 17.1 Å². The Bertz CT molecular complexity index is 642. The van der Waals surface area contributed by atoms with Crippen molar-refractivity contribution in [3.63, 3.8) is 0 Å². The second-order valence-electron chi connectivity index (χ2n) is 4.99. The largest absolute Gasteiger partial charge is 0.381 e. The van der Waals surface area contributed by atoms with E-state index in [1.165, 1.54) is 11.6 Å². The van der Waals surface area contributed by atoms with Crippen LogP contribution in [0.1, 0.15) is 36.5 Å². The molecule has 0 saturated carbocycles. The molecule has 2 aromatic carbocycles. The van der Waals surface area contributed by atoms with Gasteiger partial charge in [-0.3, -0.25) is 0 Å². The zero-order valence-corrected chi connectivity index (χ0v) is 11.7. The first kappa shape index (κ1) is 14.1. The molecule has 0 heterocycles. The van der Waals surface area contributed by atoms with Gasteiger partial charge in [-0.2, -0.15) is 5.26 Å². The summed E-state index contributed by atoms with van der Waals surface area (Å²) in [6.45, 7) is 4.61. The number of hydrogen-bond donors (Lipinski definition) is 1. The van der Waals surface area contributed by atoms with Crippen LogP contribution in [0.3, 0.4) is 0 Å². The van der Waals surface area contributed by atoms with Crippen LogP contribution in [0.4, 0.5) is 10.1 Å². The van der Waals surface area contributed by atoms with E-state index in [1.54, 1.807) is 12.1 Å². The van der Waals surface area contributed by atoms with Crippen LogP contribution < -0.4 is 5.32 Å². The van der Waals surface area contributed by atoms with Gasteiger partial charge in [0.1, 0.15) is 11.9 Å². The molecule has 0 saturated heterocycles. The van der Waals surface area contributed by atoms with Crippen LogP contribution in [-0.2, 0) is 6.54 Å². The van der Waals surface area contributed by atoms with Crippen LogP contribution in [0.15, 0.2) is 42.5 Å². The van der Waals surface area contributed by atoms with E-state index in [0.717, 1.165) is 5.69 Å². The third-order valence-electron chi connectivity index (χ3n) is 3.25. The molecule has 0 atom stereocenters. The Morgan fingerprint density at radius 3 is 2.60 bits per heavy atom. The van der Waals surface area contributed by atoms with Gasteiger partial charge in [-0.25, -0.2) is 4.39 Å². The molecule has 2 nitrogen and oxygen atoms in total. The third kappa shape index (κ3) is 2.97. The van der Waals surface area contributed by atoms with E-state index >= 15 is 0 Å². The fourth-order valence-corrected chi connectivity index (χ4v) is 2.15. The molecular weight excluding hydrogens is 251 g/mol. The number of para-hydroxylation sites is 1. The van der Waals surface area contributed by atoms with Crippen LogP contribution in [0.25, 0.3) is 0 Å². The van der Waals surface area contributed by atoms with Gasteiger partial charge in [-0.1, -0.05) is 44.2 Å². The first-order chi connectivity index (χ1) is 9.63. The SMILES string of the molecule is CC(C)c1ccccc1NCc1cccc(C#N)c1F. The maximum atomic E-state index is 14.0. The Labute approximate surface area is 118 Å². The number of benzene rings is 2. The lowest BCUT2D eigenvalue weighted by Crippen LogP contribution is -2.05. The van der Waals surface area contributed by atoms with E-state index in [0.29, 0.717) is 18.0 Å². The number of nitrogens with zero attached hydrogens (tertiary/aromatic N) is 1. The summed E-state index contributed by atoms with van der Waals surface area (Å²) in [7, 11) is 0. The van der Waals surface area contributed by atoms with Crippen molar-refractivity contribution in [1.82, 2.24) is 0 Å². The van der Waals surface area contributed by atoms with E-state index in [-0.39, 0.29) is 5.56 Å². The van der Waals surface area contributed by atoms with Crippen molar-refractivity contribution >= 4 is 5.69 Å². The minimum absolute atomic E-state index is 0.0847. The highest BCUT2D eigenvalue weighted by molar-refractivity contribution is 5.53. The first-order valence-corrected chi connectivity index (χ1v) is 6.63. The number of hydrogen-bond acceptors (Lipinski definition) is 2. The fourth-order valence-electron chi connectivity index (χ4n) is 2.15. The molecule has 0 aromatic heterocycles. The zero-order chi connectivity index (χ0) is 14.5. The minimum atomic E-state index is -0.440. The molecule has 2 aromatic rings. The predicted molar refractivity (Wildman–Crippen MR) is 79.0 cm³/mol. The molecule has 2 rings (SSSR count). The number of nitriles is 1. The topological polar surface area (TPSA) is 35.8 Å².